The second-order valence-electron chi connectivity index (χ2n) is 5.58. The fourth-order valence-corrected chi connectivity index (χ4v) is 3.16. The maximum atomic E-state index is 10.5. The van der Waals surface area contributed by atoms with Gasteiger partial charge in [-0.05, 0) is 30.5 Å². The van der Waals surface area contributed by atoms with Gasteiger partial charge >= 0.3 is 0 Å². The van der Waals surface area contributed by atoms with Crippen LogP contribution in [0, 0.1) is 0 Å². The van der Waals surface area contributed by atoms with Gasteiger partial charge in [-0.3, -0.25) is 0 Å². The number of benzene rings is 2. The van der Waals surface area contributed by atoms with Gasteiger partial charge in [0.25, 0.3) is 0 Å². The number of methoxy groups -OCH3 is 1. The zero-order valence-electron chi connectivity index (χ0n) is 12.4. The molecule has 0 aliphatic heterocycles. The Labute approximate surface area is 125 Å². The van der Waals surface area contributed by atoms with Gasteiger partial charge in [-0.1, -0.05) is 42.5 Å². The van der Waals surface area contributed by atoms with Crippen LogP contribution in [0.1, 0.15) is 35.8 Å². The van der Waals surface area contributed by atoms with E-state index in [4.69, 9.17) is 4.74 Å². The van der Waals surface area contributed by atoms with Gasteiger partial charge in [0.05, 0.1) is 13.2 Å². The topological polar surface area (TPSA) is 41.5 Å². The molecule has 0 aromatic heterocycles. The molecule has 110 valence electrons. The quantitative estimate of drug-likeness (QED) is 0.906. The number of aliphatic hydroxyl groups is 1. The molecule has 0 bridgehead atoms. The molecule has 0 radical (unpaired) electrons. The normalized spacial score (nSPS) is 21.9. The number of para-hydroxylation sites is 1. The molecule has 3 rings (SSSR count). The van der Waals surface area contributed by atoms with Gasteiger partial charge in [0, 0.05) is 17.6 Å². The lowest BCUT2D eigenvalue weighted by molar-refractivity contribution is 0.136. The number of rotatable bonds is 4. The van der Waals surface area contributed by atoms with Gasteiger partial charge in [-0.2, -0.15) is 0 Å². The molecule has 0 saturated heterocycles. The van der Waals surface area contributed by atoms with Crippen LogP contribution in [-0.2, 0) is 6.42 Å². The molecule has 2 N–H and O–H groups in total. The van der Waals surface area contributed by atoms with E-state index in [0.29, 0.717) is 0 Å². The third-order valence-corrected chi connectivity index (χ3v) is 4.26. The number of hydrogen-bond donors (Lipinski definition) is 2. The van der Waals surface area contributed by atoms with Crippen molar-refractivity contribution in [3.05, 3.63) is 65.2 Å². The van der Waals surface area contributed by atoms with Crippen LogP contribution in [0.4, 0.5) is 0 Å². The van der Waals surface area contributed by atoms with Crippen LogP contribution in [-0.4, -0.2) is 18.3 Å². The van der Waals surface area contributed by atoms with Crippen molar-refractivity contribution in [1.29, 1.82) is 0 Å². The van der Waals surface area contributed by atoms with Crippen LogP contribution < -0.4 is 10.1 Å². The van der Waals surface area contributed by atoms with E-state index in [-0.39, 0.29) is 12.1 Å². The lowest BCUT2D eigenvalue weighted by Gasteiger charge is -2.24. The first-order chi connectivity index (χ1) is 10.2. The molecule has 3 unspecified atom stereocenters. The van der Waals surface area contributed by atoms with Crippen molar-refractivity contribution in [1.82, 2.24) is 5.32 Å². The Kier molecular flexibility index (Phi) is 3.95. The Balaban J connectivity index is 1.76. The molecule has 1 aliphatic carbocycles. The van der Waals surface area contributed by atoms with E-state index in [1.807, 2.05) is 36.4 Å². The summed E-state index contributed by atoms with van der Waals surface area (Å²) in [6.45, 7) is 2.10. The highest BCUT2D eigenvalue weighted by Gasteiger charge is 2.31. The van der Waals surface area contributed by atoms with Crippen LogP contribution in [0.2, 0.25) is 0 Å². The summed E-state index contributed by atoms with van der Waals surface area (Å²) in [6.07, 6.45) is 0.412. The van der Waals surface area contributed by atoms with Crippen LogP contribution in [0.25, 0.3) is 0 Å². The van der Waals surface area contributed by atoms with Gasteiger partial charge in [0.1, 0.15) is 5.75 Å². The fourth-order valence-electron chi connectivity index (χ4n) is 3.16. The summed E-state index contributed by atoms with van der Waals surface area (Å²) in [5, 5.41) is 14.0. The van der Waals surface area contributed by atoms with Gasteiger partial charge in [0.15, 0.2) is 0 Å². The fraction of sp³-hybridized carbons (Fsp3) is 0.333. The summed E-state index contributed by atoms with van der Waals surface area (Å²) in [6, 6.07) is 16.3. The van der Waals surface area contributed by atoms with E-state index >= 15 is 0 Å². The van der Waals surface area contributed by atoms with Crippen LogP contribution in [0.3, 0.4) is 0 Å². The van der Waals surface area contributed by atoms with E-state index in [1.54, 1.807) is 7.11 Å². The lowest BCUT2D eigenvalue weighted by Crippen LogP contribution is -2.35. The minimum atomic E-state index is -0.446. The summed E-state index contributed by atoms with van der Waals surface area (Å²) in [7, 11) is 1.69. The van der Waals surface area contributed by atoms with E-state index in [2.05, 4.69) is 24.4 Å². The Morgan fingerprint density at radius 1 is 1.14 bits per heavy atom. The SMILES string of the molecule is COc1ccccc1C(C)NC1Cc2ccccc2C1O. The molecule has 21 heavy (non-hydrogen) atoms. The van der Waals surface area contributed by atoms with E-state index < -0.39 is 6.10 Å². The van der Waals surface area contributed by atoms with E-state index in [9.17, 15) is 5.11 Å². The van der Waals surface area contributed by atoms with E-state index in [0.717, 1.165) is 23.3 Å². The summed E-state index contributed by atoms with van der Waals surface area (Å²) >= 11 is 0. The predicted molar refractivity (Wildman–Crippen MR) is 83.4 cm³/mol. The molecule has 0 fully saturated rings. The minimum Gasteiger partial charge on any atom is -0.496 e. The standard InChI is InChI=1S/C18H21NO2/c1-12(14-8-5-6-10-17(14)21-2)19-16-11-13-7-3-4-9-15(13)18(16)20/h3-10,12,16,18-20H,11H2,1-2H3. The largest absolute Gasteiger partial charge is 0.496 e. The molecule has 0 heterocycles. The minimum absolute atomic E-state index is 0.0438. The zero-order valence-corrected chi connectivity index (χ0v) is 12.4. The molecule has 3 heteroatoms. The second-order valence-corrected chi connectivity index (χ2v) is 5.58. The number of nitrogens with one attached hydrogen (secondary N) is 1. The summed E-state index contributed by atoms with van der Waals surface area (Å²) < 4.78 is 5.42. The summed E-state index contributed by atoms with van der Waals surface area (Å²) in [4.78, 5) is 0. The Morgan fingerprint density at radius 3 is 2.62 bits per heavy atom. The Bertz CT molecular complexity index is 626. The molecule has 3 nitrogen and oxygen atoms in total. The number of aliphatic hydroxyl groups excluding tert-OH is 1. The molecule has 3 atom stereocenters. The highest BCUT2D eigenvalue weighted by Crippen LogP contribution is 2.33. The molecule has 0 amide bonds. The summed E-state index contributed by atoms with van der Waals surface area (Å²) in [5.74, 6) is 0.877. The molecular weight excluding hydrogens is 262 g/mol. The first-order valence-electron chi connectivity index (χ1n) is 7.35. The molecule has 2 aromatic carbocycles. The average molecular weight is 283 g/mol. The smallest absolute Gasteiger partial charge is 0.123 e. The third kappa shape index (κ3) is 2.67. The third-order valence-electron chi connectivity index (χ3n) is 4.26. The van der Waals surface area contributed by atoms with Crippen molar-refractivity contribution in [2.75, 3.05) is 7.11 Å². The Morgan fingerprint density at radius 2 is 1.86 bits per heavy atom. The first-order valence-corrected chi connectivity index (χ1v) is 7.35. The van der Waals surface area contributed by atoms with Gasteiger partial charge in [-0.25, -0.2) is 0 Å². The van der Waals surface area contributed by atoms with Crippen LogP contribution in [0.15, 0.2) is 48.5 Å². The maximum Gasteiger partial charge on any atom is 0.123 e. The molecule has 1 aliphatic rings. The molecule has 2 aromatic rings. The van der Waals surface area contributed by atoms with Gasteiger partial charge in [-0.15, -0.1) is 0 Å². The average Bonchev–Trinajstić information content (AvgIpc) is 2.84. The molecular formula is C18H21NO2. The molecule has 0 spiro atoms. The zero-order chi connectivity index (χ0) is 14.8. The highest BCUT2D eigenvalue weighted by molar-refractivity contribution is 5.38. The van der Waals surface area contributed by atoms with Crippen molar-refractivity contribution in [2.24, 2.45) is 0 Å². The van der Waals surface area contributed by atoms with Crippen molar-refractivity contribution in [2.45, 2.75) is 31.5 Å². The van der Waals surface area contributed by atoms with Crippen molar-refractivity contribution < 1.29 is 9.84 Å². The predicted octanol–water partition coefficient (Wildman–Crippen LogP) is 3.00. The van der Waals surface area contributed by atoms with Crippen molar-refractivity contribution in [3.8, 4) is 5.75 Å². The number of hydrogen-bond acceptors (Lipinski definition) is 3. The number of fused-ring (bicyclic) bond motifs is 1. The highest BCUT2D eigenvalue weighted by atomic mass is 16.5. The first kappa shape index (κ1) is 14.1. The molecule has 0 saturated carbocycles. The lowest BCUT2D eigenvalue weighted by atomic mass is 10.0. The second kappa shape index (κ2) is 5.88. The van der Waals surface area contributed by atoms with Gasteiger partial charge in [0.2, 0.25) is 0 Å². The number of ether oxygens (including phenoxy) is 1. The van der Waals surface area contributed by atoms with Gasteiger partial charge < -0.3 is 15.2 Å². The van der Waals surface area contributed by atoms with Crippen molar-refractivity contribution in [3.63, 3.8) is 0 Å². The van der Waals surface area contributed by atoms with Crippen LogP contribution >= 0.6 is 0 Å². The monoisotopic (exact) mass is 283 g/mol. The van der Waals surface area contributed by atoms with E-state index in [1.165, 1.54) is 5.56 Å². The van der Waals surface area contributed by atoms with Crippen molar-refractivity contribution >= 4 is 0 Å². The summed E-state index contributed by atoms with van der Waals surface area (Å²) in [5.41, 5.74) is 3.39. The Hall–Kier alpha value is -1.84. The maximum absolute atomic E-state index is 10.5. The van der Waals surface area contributed by atoms with Crippen LogP contribution in [0.5, 0.6) is 5.75 Å².